The highest BCUT2D eigenvalue weighted by Gasteiger charge is 2.58. The van der Waals surface area contributed by atoms with Gasteiger partial charge in [0, 0.05) is 19.6 Å². The van der Waals surface area contributed by atoms with Gasteiger partial charge in [0.15, 0.2) is 0 Å². The molecular formula is C13H18ClN3O. The minimum absolute atomic E-state index is 0.121. The zero-order chi connectivity index (χ0) is 12.4. The van der Waals surface area contributed by atoms with E-state index in [-0.39, 0.29) is 6.10 Å². The number of hydrogen-bond donors (Lipinski definition) is 1. The zero-order valence-electron chi connectivity index (χ0n) is 10.5. The van der Waals surface area contributed by atoms with Crippen LogP contribution in [0, 0.1) is 17.8 Å². The Morgan fingerprint density at radius 3 is 2.94 bits per heavy atom. The number of likely N-dealkylation sites (tertiary alicyclic amines) is 1. The molecule has 1 saturated heterocycles. The summed E-state index contributed by atoms with van der Waals surface area (Å²) in [5.74, 6) is 3.08. The SMILES string of the molecule is Cn1c(Cl)cnc1CN1CC2CC3CC2C1C3O. The molecule has 1 aromatic rings. The number of aliphatic hydroxyl groups is 1. The van der Waals surface area contributed by atoms with Gasteiger partial charge in [-0.2, -0.15) is 0 Å². The Morgan fingerprint density at radius 1 is 1.44 bits per heavy atom. The fourth-order valence-electron chi connectivity index (χ4n) is 4.47. The summed E-state index contributed by atoms with van der Waals surface area (Å²) in [6.07, 6.45) is 4.04. The molecule has 18 heavy (non-hydrogen) atoms. The van der Waals surface area contributed by atoms with Crippen LogP contribution in [0.25, 0.3) is 0 Å². The van der Waals surface area contributed by atoms with Gasteiger partial charge in [0.2, 0.25) is 0 Å². The van der Waals surface area contributed by atoms with E-state index in [0.29, 0.717) is 17.1 Å². The molecule has 2 bridgehead atoms. The van der Waals surface area contributed by atoms with Gasteiger partial charge in [-0.3, -0.25) is 4.90 Å². The molecule has 5 unspecified atom stereocenters. The topological polar surface area (TPSA) is 41.3 Å². The second-order valence-electron chi connectivity index (χ2n) is 6.12. The highest BCUT2D eigenvalue weighted by molar-refractivity contribution is 6.29. The number of hydrogen-bond acceptors (Lipinski definition) is 3. The number of nitrogens with zero attached hydrogens (tertiary/aromatic N) is 3. The Morgan fingerprint density at radius 2 is 2.28 bits per heavy atom. The molecule has 0 spiro atoms. The van der Waals surface area contributed by atoms with Crippen LogP contribution in [-0.2, 0) is 13.6 Å². The molecule has 2 saturated carbocycles. The van der Waals surface area contributed by atoms with Crippen LogP contribution in [0.5, 0.6) is 0 Å². The molecule has 0 aromatic carbocycles. The van der Waals surface area contributed by atoms with Crippen molar-refractivity contribution in [2.45, 2.75) is 31.5 Å². The Balaban J connectivity index is 1.58. The molecule has 2 aliphatic carbocycles. The van der Waals surface area contributed by atoms with E-state index in [2.05, 4.69) is 9.88 Å². The van der Waals surface area contributed by atoms with Crippen LogP contribution in [0.2, 0.25) is 5.15 Å². The van der Waals surface area contributed by atoms with E-state index in [4.69, 9.17) is 11.6 Å². The van der Waals surface area contributed by atoms with Crippen LogP contribution < -0.4 is 0 Å². The van der Waals surface area contributed by atoms with Gasteiger partial charge in [-0.1, -0.05) is 11.6 Å². The van der Waals surface area contributed by atoms with E-state index in [0.717, 1.165) is 30.7 Å². The van der Waals surface area contributed by atoms with E-state index < -0.39 is 0 Å². The van der Waals surface area contributed by atoms with Crippen LogP contribution in [0.4, 0.5) is 0 Å². The first-order valence-corrected chi connectivity index (χ1v) is 7.11. The molecule has 5 atom stereocenters. The van der Waals surface area contributed by atoms with Crippen LogP contribution in [0.15, 0.2) is 6.20 Å². The van der Waals surface area contributed by atoms with Gasteiger partial charge >= 0.3 is 0 Å². The molecule has 1 N–H and O–H groups in total. The summed E-state index contributed by atoms with van der Waals surface area (Å²) >= 11 is 6.02. The number of fused-ring (bicyclic) bond motifs is 1. The van der Waals surface area contributed by atoms with E-state index >= 15 is 0 Å². The van der Waals surface area contributed by atoms with Crippen molar-refractivity contribution in [3.05, 3.63) is 17.2 Å². The van der Waals surface area contributed by atoms with Crippen LogP contribution in [0.1, 0.15) is 18.7 Å². The summed E-state index contributed by atoms with van der Waals surface area (Å²) in [7, 11) is 1.95. The van der Waals surface area contributed by atoms with Gasteiger partial charge in [0.25, 0.3) is 0 Å². The van der Waals surface area contributed by atoms with Gasteiger partial charge in [-0.25, -0.2) is 4.98 Å². The molecule has 4 nitrogen and oxygen atoms in total. The zero-order valence-corrected chi connectivity index (χ0v) is 11.2. The van der Waals surface area contributed by atoms with Gasteiger partial charge in [0.05, 0.1) is 18.8 Å². The molecular weight excluding hydrogens is 250 g/mol. The van der Waals surface area contributed by atoms with Crippen molar-refractivity contribution in [1.82, 2.24) is 14.5 Å². The summed E-state index contributed by atoms with van der Waals surface area (Å²) in [6, 6.07) is 0.365. The maximum Gasteiger partial charge on any atom is 0.128 e. The monoisotopic (exact) mass is 267 g/mol. The lowest BCUT2D eigenvalue weighted by atomic mass is 9.88. The summed E-state index contributed by atoms with van der Waals surface area (Å²) in [5.41, 5.74) is 0. The molecule has 0 amide bonds. The molecule has 1 aliphatic heterocycles. The Kier molecular flexibility index (Phi) is 2.32. The molecule has 5 heteroatoms. The summed E-state index contributed by atoms with van der Waals surface area (Å²) in [4.78, 5) is 6.79. The number of imidazole rings is 1. The number of halogens is 1. The van der Waals surface area contributed by atoms with Crippen LogP contribution in [0.3, 0.4) is 0 Å². The van der Waals surface area contributed by atoms with Gasteiger partial charge in [-0.15, -0.1) is 0 Å². The maximum atomic E-state index is 10.3. The van der Waals surface area contributed by atoms with Gasteiger partial charge in [0.1, 0.15) is 11.0 Å². The summed E-state index contributed by atoms with van der Waals surface area (Å²) in [5, 5.41) is 11.0. The molecule has 98 valence electrons. The van der Waals surface area contributed by atoms with Gasteiger partial charge in [-0.05, 0) is 30.6 Å². The van der Waals surface area contributed by atoms with Crippen LogP contribution >= 0.6 is 11.6 Å². The first-order chi connectivity index (χ1) is 8.65. The molecule has 3 aliphatic rings. The van der Waals surface area contributed by atoms with E-state index in [1.54, 1.807) is 6.20 Å². The summed E-state index contributed by atoms with van der Waals surface area (Å²) in [6.45, 7) is 1.93. The van der Waals surface area contributed by atoms with Gasteiger partial charge < -0.3 is 9.67 Å². The fourth-order valence-corrected chi connectivity index (χ4v) is 4.62. The highest BCUT2D eigenvalue weighted by Crippen LogP contribution is 2.55. The second-order valence-corrected chi connectivity index (χ2v) is 6.51. The fraction of sp³-hybridized carbons (Fsp3) is 0.769. The lowest BCUT2D eigenvalue weighted by Gasteiger charge is -2.28. The third-order valence-electron chi connectivity index (χ3n) is 5.32. The molecule has 4 rings (SSSR count). The Hall–Kier alpha value is -0.580. The van der Waals surface area contributed by atoms with Crippen molar-refractivity contribution in [3.63, 3.8) is 0 Å². The molecule has 3 fully saturated rings. The Bertz CT molecular complexity index is 487. The number of rotatable bonds is 2. The highest BCUT2D eigenvalue weighted by atomic mass is 35.5. The van der Waals surface area contributed by atoms with Crippen molar-refractivity contribution < 1.29 is 5.11 Å². The average molecular weight is 268 g/mol. The minimum atomic E-state index is -0.121. The predicted octanol–water partition coefficient (Wildman–Crippen LogP) is 1.27. The lowest BCUT2D eigenvalue weighted by Crippen LogP contribution is -2.40. The quantitative estimate of drug-likeness (QED) is 0.878. The minimum Gasteiger partial charge on any atom is -0.391 e. The number of aliphatic hydroxyl groups excluding tert-OH is 1. The third-order valence-corrected chi connectivity index (χ3v) is 5.67. The van der Waals surface area contributed by atoms with Crippen LogP contribution in [-0.4, -0.2) is 38.2 Å². The second kappa shape index (κ2) is 3.71. The lowest BCUT2D eigenvalue weighted by molar-refractivity contribution is 0.0473. The first-order valence-electron chi connectivity index (χ1n) is 6.73. The van der Waals surface area contributed by atoms with Crippen molar-refractivity contribution in [2.24, 2.45) is 24.8 Å². The van der Waals surface area contributed by atoms with E-state index in [1.807, 2.05) is 11.6 Å². The number of aromatic nitrogens is 2. The third kappa shape index (κ3) is 1.37. The smallest absolute Gasteiger partial charge is 0.128 e. The Labute approximate surface area is 112 Å². The van der Waals surface area contributed by atoms with Crippen molar-refractivity contribution in [2.75, 3.05) is 6.54 Å². The maximum absolute atomic E-state index is 10.3. The first kappa shape index (κ1) is 11.3. The van der Waals surface area contributed by atoms with E-state index in [9.17, 15) is 5.11 Å². The van der Waals surface area contributed by atoms with E-state index in [1.165, 1.54) is 12.8 Å². The normalized spacial score (nSPS) is 42.1. The van der Waals surface area contributed by atoms with Crippen molar-refractivity contribution >= 4 is 11.6 Å². The molecule has 0 radical (unpaired) electrons. The molecule has 1 aromatic heterocycles. The average Bonchev–Trinajstić information content (AvgIpc) is 3.00. The molecule has 2 heterocycles. The van der Waals surface area contributed by atoms with Crippen molar-refractivity contribution in [1.29, 1.82) is 0 Å². The van der Waals surface area contributed by atoms with Crippen molar-refractivity contribution in [3.8, 4) is 0 Å². The summed E-state index contributed by atoms with van der Waals surface area (Å²) < 4.78 is 1.93. The largest absolute Gasteiger partial charge is 0.391 e. The standard InChI is InChI=1S/C13H18ClN3O/c1-16-10(14)4-15-11(16)6-17-5-8-2-7-3-9(8)12(17)13(7)18/h4,7-9,12-13,18H,2-3,5-6H2,1H3. The predicted molar refractivity (Wildman–Crippen MR) is 68.1 cm³/mol.